The number of hydrogen-bond acceptors (Lipinski definition) is 5. The van der Waals surface area contributed by atoms with Crippen molar-refractivity contribution in [3.8, 4) is 0 Å². The van der Waals surface area contributed by atoms with E-state index in [4.69, 9.17) is 9.26 Å². The van der Waals surface area contributed by atoms with Crippen LogP contribution in [0.4, 0.5) is 0 Å². The van der Waals surface area contributed by atoms with Gasteiger partial charge >= 0.3 is 0 Å². The van der Waals surface area contributed by atoms with Crippen LogP contribution in [-0.4, -0.2) is 37.0 Å². The van der Waals surface area contributed by atoms with Crippen molar-refractivity contribution >= 4 is 10.0 Å². The summed E-state index contributed by atoms with van der Waals surface area (Å²) in [7, 11) is -3.29. The number of sulfonamides is 1. The number of nitrogens with zero attached hydrogens (tertiary/aromatic N) is 2. The van der Waals surface area contributed by atoms with Crippen molar-refractivity contribution in [2.45, 2.75) is 20.4 Å². The van der Waals surface area contributed by atoms with Crippen molar-refractivity contribution in [3.05, 3.63) is 17.0 Å². The first-order valence-electron chi connectivity index (χ1n) is 4.98. The third kappa shape index (κ3) is 2.11. The van der Waals surface area contributed by atoms with Crippen LogP contribution in [0.1, 0.15) is 17.0 Å². The Bertz CT molecular complexity index is 460. The molecule has 16 heavy (non-hydrogen) atoms. The van der Waals surface area contributed by atoms with Crippen molar-refractivity contribution in [1.82, 2.24) is 9.46 Å². The van der Waals surface area contributed by atoms with E-state index in [1.165, 1.54) is 4.31 Å². The second-order valence-electron chi connectivity index (χ2n) is 3.77. The molecule has 0 radical (unpaired) electrons. The van der Waals surface area contributed by atoms with Crippen molar-refractivity contribution in [3.63, 3.8) is 0 Å². The lowest BCUT2D eigenvalue weighted by Crippen LogP contribution is -2.40. The molecule has 0 atom stereocenters. The second-order valence-corrected chi connectivity index (χ2v) is 5.69. The highest BCUT2D eigenvalue weighted by Gasteiger charge is 2.28. The van der Waals surface area contributed by atoms with E-state index in [1.807, 2.05) is 0 Å². The summed E-state index contributed by atoms with van der Waals surface area (Å²) in [5.74, 6) is 0.426. The quantitative estimate of drug-likeness (QED) is 0.755. The van der Waals surface area contributed by atoms with Gasteiger partial charge in [0.05, 0.1) is 12.3 Å². The first-order chi connectivity index (χ1) is 7.50. The maximum absolute atomic E-state index is 11.7. The van der Waals surface area contributed by atoms with Gasteiger partial charge in [-0.25, -0.2) is 8.42 Å². The second kappa shape index (κ2) is 4.15. The number of aryl methyl sites for hydroxylation is 2. The first kappa shape index (κ1) is 11.6. The van der Waals surface area contributed by atoms with Gasteiger partial charge in [-0.3, -0.25) is 0 Å². The molecular weight excluding hydrogens is 232 g/mol. The van der Waals surface area contributed by atoms with Gasteiger partial charge in [-0.15, -0.1) is 0 Å². The van der Waals surface area contributed by atoms with Gasteiger partial charge in [-0.2, -0.15) is 4.31 Å². The van der Waals surface area contributed by atoms with Crippen molar-refractivity contribution < 1.29 is 17.7 Å². The Labute approximate surface area is 94.2 Å². The van der Waals surface area contributed by atoms with Gasteiger partial charge in [0, 0.05) is 18.7 Å². The minimum absolute atomic E-state index is 0.240. The zero-order chi connectivity index (χ0) is 11.8. The number of rotatable bonds is 2. The van der Waals surface area contributed by atoms with Gasteiger partial charge in [-0.05, 0) is 13.8 Å². The lowest BCUT2D eigenvalue weighted by Gasteiger charge is -2.26. The van der Waals surface area contributed by atoms with Gasteiger partial charge in [0.2, 0.25) is 10.0 Å². The van der Waals surface area contributed by atoms with Crippen molar-refractivity contribution in [2.75, 3.05) is 19.1 Å². The summed E-state index contributed by atoms with van der Waals surface area (Å²) >= 11 is 0. The Kier molecular flexibility index (Phi) is 3.00. The molecule has 2 rings (SSSR count). The largest absolute Gasteiger partial charge is 0.363 e. The van der Waals surface area contributed by atoms with Crippen molar-refractivity contribution in [1.29, 1.82) is 0 Å². The molecule has 1 aliphatic rings. The van der Waals surface area contributed by atoms with Crippen LogP contribution in [0.3, 0.4) is 0 Å². The number of hydrogen-bond donors (Lipinski definition) is 0. The van der Waals surface area contributed by atoms with E-state index in [0.29, 0.717) is 25.5 Å². The molecule has 7 heteroatoms. The minimum atomic E-state index is -3.29. The lowest BCUT2D eigenvalue weighted by atomic mass is 10.2. The predicted molar refractivity (Wildman–Crippen MR) is 56.1 cm³/mol. The SMILES string of the molecule is Cc1noc(C)c1CN1CCOCS1(=O)=O. The molecule has 0 spiro atoms. The van der Waals surface area contributed by atoms with E-state index in [0.717, 1.165) is 11.3 Å². The normalized spacial score (nSPS) is 21.1. The average molecular weight is 246 g/mol. The molecule has 1 aromatic rings. The summed E-state index contributed by atoms with van der Waals surface area (Å²) in [5, 5.41) is 3.80. The van der Waals surface area contributed by atoms with E-state index < -0.39 is 10.0 Å². The first-order valence-corrected chi connectivity index (χ1v) is 6.59. The molecule has 0 aliphatic carbocycles. The van der Waals surface area contributed by atoms with Crippen LogP contribution in [0.15, 0.2) is 4.52 Å². The minimum Gasteiger partial charge on any atom is -0.363 e. The van der Waals surface area contributed by atoms with Crippen molar-refractivity contribution in [2.24, 2.45) is 0 Å². The lowest BCUT2D eigenvalue weighted by molar-refractivity contribution is 0.130. The van der Waals surface area contributed by atoms with E-state index >= 15 is 0 Å². The van der Waals surface area contributed by atoms with Crippen LogP contribution in [0.2, 0.25) is 0 Å². The molecular formula is C9H14N2O4S. The Morgan fingerprint density at radius 2 is 2.19 bits per heavy atom. The fourth-order valence-corrected chi connectivity index (χ4v) is 2.78. The Morgan fingerprint density at radius 1 is 1.44 bits per heavy atom. The Balaban J connectivity index is 2.21. The zero-order valence-electron chi connectivity index (χ0n) is 9.26. The molecule has 0 bridgehead atoms. The maximum Gasteiger partial charge on any atom is 0.238 e. The van der Waals surface area contributed by atoms with Gasteiger partial charge in [-0.1, -0.05) is 5.16 Å². The summed E-state index contributed by atoms with van der Waals surface area (Å²) in [6.07, 6.45) is 0. The third-order valence-corrected chi connectivity index (χ3v) is 4.19. The molecule has 1 saturated heterocycles. The fraction of sp³-hybridized carbons (Fsp3) is 0.667. The van der Waals surface area contributed by atoms with Crippen LogP contribution in [0.5, 0.6) is 0 Å². The summed E-state index contributed by atoms with van der Waals surface area (Å²) < 4.78 is 34.7. The van der Waals surface area contributed by atoms with Gasteiger partial charge < -0.3 is 9.26 Å². The number of ether oxygens (including phenoxy) is 1. The van der Waals surface area contributed by atoms with E-state index in [1.54, 1.807) is 13.8 Å². The predicted octanol–water partition coefficient (Wildman–Crippen LogP) is 0.411. The summed E-state index contributed by atoms with van der Waals surface area (Å²) in [5.41, 5.74) is 1.57. The molecule has 0 N–H and O–H groups in total. The molecule has 90 valence electrons. The zero-order valence-corrected chi connectivity index (χ0v) is 10.1. The summed E-state index contributed by atoms with van der Waals surface area (Å²) in [6.45, 7) is 4.71. The standard InChI is InChI=1S/C9H14N2O4S/c1-7-9(8(2)15-10-7)5-11-3-4-14-6-16(11,12)13/h3-6H2,1-2H3. The molecule has 0 aromatic carbocycles. The summed E-state index contributed by atoms with van der Waals surface area (Å²) in [4.78, 5) is 0. The number of aromatic nitrogens is 1. The topological polar surface area (TPSA) is 72.6 Å². The molecule has 0 unspecified atom stereocenters. The molecule has 2 heterocycles. The molecule has 0 saturated carbocycles. The summed E-state index contributed by atoms with van der Waals surface area (Å²) in [6, 6.07) is 0. The monoisotopic (exact) mass is 246 g/mol. The van der Waals surface area contributed by atoms with Crippen LogP contribution >= 0.6 is 0 Å². The smallest absolute Gasteiger partial charge is 0.238 e. The molecule has 6 nitrogen and oxygen atoms in total. The van der Waals surface area contributed by atoms with Gasteiger partial charge in [0.1, 0.15) is 5.76 Å². The van der Waals surface area contributed by atoms with E-state index in [2.05, 4.69) is 5.16 Å². The fourth-order valence-electron chi connectivity index (χ4n) is 1.63. The molecule has 0 amide bonds. The van der Waals surface area contributed by atoms with Crippen LogP contribution in [0.25, 0.3) is 0 Å². The van der Waals surface area contributed by atoms with E-state index in [-0.39, 0.29) is 5.94 Å². The van der Waals surface area contributed by atoms with Crippen LogP contribution in [0, 0.1) is 13.8 Å². The maximum atomic E-state index is 11.7. The molecule has 1 fully saturated rings. The Morgan fingerprint density at radius 3 is 2.75 bits per heavy atom. The van der Waals surface area contributed by atoms with E-state index in [9.17, 15) is 8.42 Å². The highest BCUT2D eigenvalue weighted by molar-refractivity contribution is 7.88. The molecule has 1 aromatic heterocycles. The average Bonchev–Trinajstić information content (AvgIpc) is 2.52. The van der Waals surface area contributed by atoms with Crippen LogP contribution < -0.4 is 0 Å². The van der Waals surface area contributed by atoms with Gasteiger partial charge in [0.15, 0.2) is 5.94 Å². The molecule has 1 aliphatic heterocycles. The van der Waals surface area contributed by atoms with Crippen LogP contribution in [-0.2, 0) is 21.3 Å². The highest BCUT2D eigenvalue weighted by Crippen LogP contribution is 2.18. The highest BCUT2D eigenvalue weighted by atomic mass is 32.2. The third-order valence-electron chi connectivity index (χ3n) is 2.63. The Hall–Kier alpha value is -0.920. The van der Waals surface area contributed by atoms with Gasteiger partial charge in [0.25, 0.3) is 0 Å².